The van der Waals surface area contributed by atoms with Crippen molar-refractivity contribution in [2.24, 2.45) is 0 Å². The third-order valence-electron chi connectivity index (χ3n) is 6.80. The van der Waals surface area contributed by atoms with E-state index in [4.69, 9.17) is 0 Å². The van der Waals surface area contributed by atoms with Crippen molar-refractivity contribution in [2.45, 2.75) is 25.3 Å². The standard InChI is InChI=1S/C33H29N2S2/c1-3-34-28-18-7-9-20-30(28)36-32(34)22-12-15-25(27-17-11-14-24-13-5-6-16-26(24)27)23-33-35(4-2)29-19-8-10-21-31(29)37-33/h5-23H,3-4H2,1-2H3/q+1. The van der Waals surface area contributed by atoms with Gasteiger partial charge in [0.15, 0.2) is 0 Å². The Balaban J connectivity index is 1.47. The predicted octanol–water partition coefficient (Wildman–Crippen LogP) is 8.93. The summed E-state index contributed by atoms with van der Waals surface area (Å²) >= 11 is 3.70. The minimum absolute atomic E-state index is 0.937. The molecule has 4 heteroatoms. The first-order chi connectivity index (χ1) is 18.3. The highest BCUT2D eigenvalue weighted by Gasteiger charge is 2.24. The second-order valence-electron chi connectivity index (χ2n) is 8.96. The lowest BCUT2D eigenvalue weighted by Crippen LogP contribution is -2.33. The Bertz CT molecular complexity index is 1680. The first-order valence-electron chi connectivity index (χ1n) is 12.8. The van der Waals surface area contributed by atoms with Gasteiger partial charge in [-0.2, -0.15) is 4.57 Å². The zero-order valence-electron chi connectivity index (χ0n) is 21.1. The van der Waals surface area contributed by atoms with E-state index in [1.165, 1.54) is 52.7 Å². The summed E-state index contributed by atoms with van der Waals surface area (Å²) in [4.78, 5) is 3.73. The van der Waals surface area contributed by atoms with E-state index in [1.807, 2.05) is 23.1 Å². The summed E-state index contributed by atoms with van der Waals surface area (Å²) in [6.07, 6.45) is 9.11. The monoisotopic (exact) mass is 517 g/mol. The molecule has 2 heterocycles. The molecule has 6 rings (SSSR count). The molecule has 0 fully saturated rings. The van der Waals surface area contributed by atoms with E-state index in [0.717, 1.165) is 13.1 Å². The van der Waals surface area contributed by atoms with Crippen LogP contribution in [0.5, 0.6) is 0 Å². The SMILES string of the molecule is CCN1C(=CC(=CC=Cc2sc3ccccc3[n+]2CC)c2cccc3ccccc23)Sc2ccccc21. The molecule has 1 aliphatic heterocycles. The van der Waals surface area contributed by atoms with Crippen molar-refractivity contribution in [3.05, 3.63) is 125 Å². The van der Waals surface area contributed by atoms with E-state index < -0.39 is 0 Å². The van der Waals surface area contributed by atoms with Crippen LogP contribution < -0.4 is 9.47 Å². The van der Waals surface area contributed by atoms with E-state index in [9.17, 15) is 0 Å². The highest BCUT2D eigenvalue weighted by molar-refractivity contribution is 8.03. The fraction of sp³-hybridized carbons (Fsp3) is 0.121. The van der Waals surface area contributed by atoms with E-state index in [2.05, 4.69) is 139 Å². The number of allylic oxidation sites excluding steroid dienone is 4. The van der Waals surface area contributed by atoms with Gasteiger partial charge in [-0.25, -0.2) is 0 Å². The highest BCUT2D eigenvalue weighted by atomic mass is 32.2. The topological polar surface area (TPSA) is 7.12 Å². The number of para-hydroxylation sites is 2. The average molecular weight is 518 g/mol. The van der Waals surface area contributed by atoms with Crippen LogP contribution >= 0.6 is 23.1 Å². The third-order valence-corrected chi connectivity index (χ3v) is 9.04. The van der Waals surface area contributed by atoms with Crippen LogP contribution in [0, 0.1) is 0 Å². The Morgan fingerprint density at radius 1 is 0.865 bits per heavy atom. The summed E-state index contributed by atoms with van der Waals surface area (Å²) in [7, 11) is 0. The van der Waals surface area contributed by atoms with Gasteiger partial charge in [-0.05, 0) is 60.0 Å². The smallest absolute Gasteiger partial charge is 0.262 e. The fourth-order valence-electron chi connectivity index (χ4n) is 5.05. The molecule has 1 aliphatic rings. The van der Waals surface area contributed by atoms with Gasteiger partial charge in [0.1, 0.15) is 11.2 Å². The zero-order valence-corrected chi connectivity index (χ0v) is 22.7. The molecular formula is C33H29N2S2+. The van der Waals surface area contributed by atoms with E-state index >= 15 is 0 Å². The van der Waals surface area contributed by atoms with Gasteiger partial charge in [-0.3, -0.25) is 0 Å². The first-order valence-corrected chi connectivity index (χ1v) is 14.4. The molecule has 4 aromatic carbocycles. The van der Waals surface area contributed by atoms with Crippen LogP contribution in [0.2, 0.25) is 0 Å². The number of aryl methyl sites for hydroxylation is 1. The minimum atomic E-state index is 0.937. The molecule has 37 heavy (non-hydrogen) atoms. The highest BCUT2D eigenvalue weighted by Crippen LogP contribution is 2.46. The lowest BCUT2D eigenvalue weighted by molar-refractivity contribution is -0.665. The van der Waals surface area contributed by atoms with E-state index in [1.54, 1.807) is 0 Å². The molecule has 0 aliphatic carbocycles. The Labute approximate surface area is 226 Å². The van der Waals surface area contributed by atoms with Crippen molar-refractivity contribution in [3.8, 4) is 0 Å². The maximum Gasteiger partial charge on any atom is 0.262 e. The third kappa shape index (κ3) is 4.52. The zero-order chi connectivity index (χ0) is 25.2. The van der Waals surface area contributed by atoms with Crippen molar-refractivity contribution >= 4 is 61.4 Å². The molecule has 2 nitrogen and oxygen atoms in total. The van der Waals surface area contributed by atoms with Crippen molar-refractivity contribution in [3.63, 3.8) is 0 Å². The molecule has 0 amide bonds. The van der Waals surface area contributed by atoms with Crippen molar-refractivity contribution in [2.75, 3.05) is 11.4 Å². The van der Waals surface area contributed by atoms with Gasteiger partial charge in [0.05, 0.1) is 10.7 Å². The second-order valence-corrected chi connectivity index (χ2v) is 11.1. The summed E-state index contributed by atoms with van der Waals surface area (Å²) in [5.41, 5.74) is 5.06. The van der Waals surface area contributed by atoms with Crippen LogP contribution in [-0.2, 0) is 6.54 Å². The lowest BCUT2D eigenvalue weighted by atomic mass is 9.97. The normalized spacial score (nSPS) is 14.9. The van der Waals surface area contributed by atoms with Gasteiger partial charge < -0.3 is 4.90 Å². The van der Waals surface area contributed by atoms with Crippen LogP contribution in [-0.4, -0.2) is 6.54 Å². The molecule has 0 radical (unpaired) electrons. The number of fused-ring (bicyclic) bond motifs is 3. The second kappa shape index (κ2) is 10.4. The molecule has 0 bridgehead atoms. The van der Waals surface area contributed by atoms with Crippen LogP contribution in [0.4, 0.5) is 5.69 Å². The number of thioether (sulfide) groups is 1. The summed E-state index contributed by atoms with van der Waals surface area (Å²) < 4.78 is 3.71. The summed E-state index contributed by atoms with van der Waals surface area (Å²) in [6, 6.07) is 32.6. The Hall–Kier alpha value is -3.60. The maximum absolute atomic E-state index is 2.42. The molecule has 0 saturated carbocycles. The number of hydrogen-bond acceptors (Lipinski definition) is 3. The molecule has 0 atom stereocenters. The van der Waals surface area contributed by atoms with Crippen LogP contribution in [0.3, 0.4) is 0 Å². The van der Waals surface area contributed by atoms with Gasteiger partial charge in [-0.1, -0.05) is 102 Å². The Kier molecular flexibility index (Phi) is 6.69. The maximum atomic E-state index is 2.42. The molecule has 0 spiro atoms. The molecule has 5 aromatic rings. The number of thiazole rings is 1. The van der Waals surface area contributed by atoms with Crippen molar-refractivity contribution < 1.29 is 4.57 Å². The van der Waals surface area contributed by atoms with Gasteiger partial charge in [-0.15, -0.1) is 0 Å². The summed E-state index contributed by atoms with van der Waals surface area (Å²) in [6.45, 7) is 6.33. The van der Waals surface area contributed by atoms with Gasteiger partial charge in [0.2, 0.25) is 5.52 Å². The van der Waals surface area contributed by atoms with E-state index in [-0.39, 0.29) is 0 Å². The molecule has 182 valence electrons. The Morgan fingerprint density at radius 3 is 2.54 bits per heavy atom. The largest absolute Gasteiger partial charge is 0.335 e. The van der Waals surface area contributed by atoms with Crippen LogP contribution in [0.15, 0.2) is 119 Å². The molecule has 0 unspecified atom stereocenters. The number of hydrogen-bond donors (Lipinski definition) is 0. The minimum Gasteiger partial charge on any atom is -0.335 e. The average Bonchev–Trinajstić information content (AvgIpc) is 3.49. The van der Waals surface area contributed by atoms with Crippen molar-refractivity contribution in [1.29, 1.82) is 0 Å². The Morgan fingerprint density at radius 2 is 1.65 bits per heavy atom. The number of nitrogens with zero attached hydrogens (tertiary/aromatic N) is 2. The van der Waals surface area contributed by atoms with Gasteiger partial charge >= 0.3 is 0 Å². The first kappa shape index (κ1) is 23.8. The molecule has 0 saturated heterocycles. The summed E-state index contributed by atoms with van der Waals surface area (Å²) in [5.74, 6) is 0. The molecule has 1 aromatic heterocycles. The number of aromatic nitrogens is 1. The number of rotatable bonds is 6. The number of benzene rings is 4. The van der Waals surface area contributed by atoms with Crippen molar-refractivity contribution in [1.82, 2.24) is 0 Å². The van der Waals surface area contributed by atoms with Gasteiger partial charge in [0.25, 0.3) is 5.01 Å². The quantitative estimate of drug-likeness (QED) is 0.164. The number of anilines is 1. The van der Waals surface area contributed by atoms with Gasteiger partial charge in [0, 0.05) is 23.6 Å². The van der Waals surface area contributed by atoms with Crippen LogP contribution in [0.25, 0.3) is 32.6 Å². The summed E-state index contributed by atoms with van der Waals surface area (Å²) in [5, 5.41) is 5.07. The van der Waals surface area contributed by atoms with Crippen LogP contribution in [0.1, 0.15) is 24.4 Å². The van der Waals surface area contributed by atoms with E-state index in [0.29, 0.717) is 0 Å². The molecular weight excluding hydrogens is 489 g/mol. The lowest BCUT2D eigenvalue weighted by Gasteiger charge is -2.19. The molecule has 0 N–H and O–H groups in total. The predicted molar refractivity (Wildman–Crippen MR) is 162 cm³/mol. The fourth-order valence-corrected chi connectivity index (χ4v) is 7.37.